The fourth-order valence-electron chi connectivity index (χ4n) is 4.22. The van der Waals surface area contributed by atoms with E-state index in [0.717, 1.165) is 68.5 Å². The second-order valence-electron chi connectivity index (χ2n) is 7.99. The molecule has 5 rings (SSSR count). The second kappa shape index (κ2) is 7.43. The Labute approximate surface area is 173 Å². The van der Waals surface area contributed by atoms with E-state index in [1.807, 2.05) is 16.5 Å². The second-order valence-corrected chi connectivity index (χ2v) is 7.99. The largest absolute Gasteiger partial charge is 0.355 e. The molecule has 0 bridgehead atoms. The number of hydrogen-bond acceptors (Lipinski definition) is 5. The van der Waals surface area contributed by atoms with Gasteiger partial charge in [-0.1, -0.05) is 13.3 Å². The third-order valence-electron chi connectivity index (χ3n) is 5.79. The van der Waals surface area contributed by atoms with Crippen LogP contribution in [0.3, 0.4) is 0 Å². The minimum absolute atomic E-state index is 0.407. The zero-order valence-corrected chi connectivity index (χ0v) is 17.2. The van der Waals surface area contributed by atoms with Gasteiger partial charge >= 0.3 is 0 Å². The van der Waals surface area contributed by atoms with Crippen molar-refractivity contribution in [3.63, 3.8) is 0 Å². The van der Waals surface area contributed by atoms with Crippen LogP contribution in [0.5, 0.6) is 0 Å². The molecule has 1 aliphatic heterocycles. The van der Waals surface area contributed by atoms with Crippen molar-refractivity contribution in [3.05, 3.63) is 41.6 Å². The van der Waals surface area contributed by atoms with Crippen molar-refractivity contribution in [2.45, 2.75) is 26.2 Å². The summed E-state index contributed by atoms with van der Waals surface area (Å²) >= 11 is 0. The molecule has 0 saturated carbocycles. The molecule has 0 aliphatic carbocycles. The predicted molar refractivity (Wildman–Crippen MR) is 114 cm³/mol. The molecule has 30 heavy (non-hydrogen) atoms. The summed E-state index contributed by atoms with van der Waals surface area (Å²) in [6.07, 6.45) is 2.69. The average Bonchev–Trinajstić information content (AvgIpc) is 2.95. The van der Waals surface area contributed by atoms with Crippen molar-refractivity contribution >= 4 is 33.7 Å². The fraction of sp³-hybridized carbons (Fsp3) is 0.409. The molecule has 1 aromatic carbocycles. The van der Waals surface area contributed by atoms with Crippen molar-refractivity contribution in [1.82, 2.24) is 24.3 Å². The molecule has 4 aromatic rings. The summed E-state index contributed by atoms with van der Waals surface area (Å²) in [4.78, 5) is 18.9. The van der Waals surface area contributed by atoms with Crippen molar-refractivity contribution in [3.8, 4) is 0 Å². The molecule has 0 atom stereocenters. The Kier molecular flexibility index (Phi) is 4.73. The SMILES string of the molecule is CCCc1nc2ccc(N3CCCN(C)CC3)nc2n2c1nc1cc(F)c(F)cc12. The molecule has 1 saturated heterocycles. The van der Waals surface area contributed by atoms with Crippen LogP contribution in [0.25, 0.3) is 27.8 Å². The highest BCUT2D eigenvalue weighted by Crippen LogP contribution is 2.27. The van der Waals surface area contributed by atoms with Crippen molar-refractivity contribution in [1.29, 1.82) is 0 Å². The third-order valence-corrected chi connectivity index (χ3v) is 5.79. The van der Waals surface area contributed by atoms with E-state index in [2.05, 4.69) is 28.8 Å². The number of hydrogen-bond donors (Lipinski definition) is 0. The van der Waals surface area contributed by atoms with E-state index >= 15 is 0 Å². The molecule has 6 nitrogen and oxygen atoms in total. The number of aryl methyl sites for hydroxylation is 1. The Morgan fingerprint density at radius 2 is 1.73 bits per heavy atom. The van der Waals surface area contributed by atoms with Crippen LogP contribution in [-0.4, -0.2) is 57.5 Å². The first-order valence-electron chi connectivity index (χ1n) is 10.5. The van der Waals surface area contributed by atoms with Gasteiger partial charge in [0.05, 0.1) is 16.7 Å². The molecule has 0 N–H and O–H groups in total. The summed E-state index contributed by atoms with van der Waals surface area (Å²) in [5.74, 6) is -0.922. The number of aromatic nitrogens is 4. The summed E-state index contributed by atoms with van der Waals surface area (Å²) in [6.45, 7) is 5.93. The normalized spacial score (nSPS) is 16.1. The van der Waals surface area contributed by atoms with Crippen LogP contribution in [0, 0.1) is 11.6 Å². The standard InChI is InChI=1S/C22H24F2N6/c1-3-5-16-21-26-18-12-14(23)15(24)13-19(18)30(21)22-17(25-16)6-7-20(27-22)29-9-4-8-28(2)10-11-29/h6-7,12-13H,3-5,8-11H2,1-2H3. The van der Waals surface area contributed by atoms with Gasteiger partial charge in [0.25, 0.3) is 0 Å². The zero-order chi connectivity index (χ0) is 20.8. The number of halogens is 2. The Bertz CT molecular complexity index is 1250. The molecule has 0 unspecified atom stereocenters. The Morgan fingerprint density at radius 1 is 0.900 bits per heavy atom. The van der Waals surface area contributed by atoms with Crippen LogP contribution in [0.15, 0.2) is 24.3 Å². The van der Waals surface area contributed by atoms with Crippen LogP contribution >= 0.6 is 0 Å². The Balaban J connectivity index is 1.76. The van der Waals surface area contributed by atoms with Gasteiger partial charge in [-0.2, -0.15) is 0 Å². The van der Waals surface area contributed by atoms with Crippen LogP contribution in [0.4, 0.5) is 14.6 Å². The lowest BCUT2D eigenvalue weighted by Crippen LogP contribution is -2.29. The zero-order valence-electron chi connectivity index (χ0n) is 17.2. The highest BCUT2D eigenvalue weighted by atomic mass is 19.2. The maximum Gasteiger partial charge on any atom is 0.167 e. The van der Waals surface area contributed by atoms with Gasteiger partial charge in [-0.25, -0.2) is 23.7 Å². The number of pyridine rings is 1. The van der Waals surface area contributed by atoms with E-state index in [4.69, 9.17) is 9.97 Å². The molecular weight excluding hydrogens is 386 g/mol. The van der Waals surface area contributed by atoms with Crippen molar-refractivity contribution in [2.75, 3.05) is 38.1 Å². The molecule has 4 heterocycles. The molecule has 0 amide bonds. The number of benzene rings is 1. The van der Waals surface area contributed by atoms with Crippen molar-refractivity contribution in [2.24, 2.45) is 0 Å². The summed E-state index contributed by atoms with van der Waals surface area (Å²) in [7, 11) is 2.13. The molecule has 156 valence electrons. The summed E-state index contributed by atoms with van der Waals surface area (Å²) in [5, 5.41) is 0. The van der Waals surface area contributed by atoms with Gasteiger partial charge in [0.2, 0.25) is 0 Å². The van der Waals surface area contributed by atoms with E-state index in [-0.39, 0.29) is 0 Å². The lowest BCUT2D eigenvalue weighted by atomic mass is 10.2. The number of fused-ring (bicyclic) bond motifs is 5. The molecule has 3 aromatic heterocycles. The van der Waals surface area contributed by atoms with Gasteiger partial charge in [0, 0.05) is 31.8 Å². The molecule has 0 spiro atoms. The van der Waals surface area contributed by atoms with Gasteiger partial charge in [-0.05, 0) is 38.6 Å². The quantitative estimate of drug-likeness (QED) is 0.514. The minimum Gasteiger partial charge on any atom is -0.355 e. The smallest absolute Gasteiger partial charge is 0.167 e. The van der Waals surface area contributed by atoms with E-state index in [1.54, 1.807) is 0 Å². The lowest BCUT2D eigenvalue weighted by molar-refractivity contribution is 0.360. The van der Waals surface area contributed by atoms with Crippen LogP contribution < -0.4 is 4.90 Å². The Hall–Kier alpha value is -2.87. The molecule has 1 aliphatic rings. The summed E-state index contributed by atoms with van der Waals surface area (Å²) < 4.78 is 29.8. The molecule has 8 heteroatoms. The molecule has 0 radical (unpaired) electrons. The maximum absolute atomic E-state index is 14.1. The van der Waals surface area contributed by atoms with Gasteiger partial charge in [0.1, 0.15) is 11.3 Å². The topological polar surface area (TPSA) is 49.6 Å². The van der Waals surface area contributed by atoms with Crippen LogP contribution in [0.2, 0.25) is 0 Å². The van der Waals surface area contributed by atoms with Crippen LogP contribution in [0.1, 0.15) is 25.5 Å². The van der Waals surface area contributed by atoms with Crippen LogP contribution in [-0.2, 0) is 6.42 Å². The summed E-state index contributed by atoms with van der Waals surface area (Å²) in [5.41, 5.74) is 3.69. The first-order valence-corrected chi connectivity index (χ1v) is 10.5. The average molecular weight is 410 g/mol. The first kappa shape index (κ1) is 19.1. The van der Waals surface area contributed by atoms with E-state index in [0.29, 0.717) is 22.3 Å². The number of nitrogens with zero attached hydrogens (tertiary/aromatic N) is 6. The fourth-order valence-corrected chi connectivity index (χ4v) is 4.22. The maximum atomic E-state index is 14.1. The Morgan fingerprint density at radius 3 is 2.57 bits per heavy atom. The van der Waals surface area contributed by atoms with Gasteiger partial charge in [-0.3, -0.25) is 4.40 Å². The minimum atomic E-state index is -0.900. The lowest BCUT2D eigenvalue weighted by Gasteiger charge is -2.22. The van der Waals surface area contributed by atoms with E-state index in [9.17, 15) is 8.78 Å². The molecule has 1 fully saturated rings. The van der Waals surface area contributed by atoms with Gasteiger partial charge in [-0.15, -0.1) is 0 Å². The van der Waals surface area contributed by atoms with E-state index in [1.165, 1.54) is 6.07 Å². The highest BCUT2D eigenvalue weighted by Gasteiger charge is 2.19. The first-order chi connectivity index (χ1) is 14.5. The van der Waals surface area contributed by atoms with E-state index < -0.39 is 11.6 Å². The van der Waals surface area contributed by atoms with Crippen molar-refractivity contribution < 1.29 is 8.78 Å². The third kappa shape index (κ3) is 3.15. The van der Waals surface area contributed by atoms with Gasteiger partial charge in [0.15, 0.2) is 22.9 Å². The van der Waals surface area contributed by atoms with Gasteiger partial charge < -0.3 is 9.80 Å². The number of imidazole rings is 1. The number of likely N-dealkylation sites (N-methyl/N-ethyl adjacent to an activating group) is 1. The monoisotopic (exact) mass is 410 g/mol. The number of anilines is 1. The predicted octanol–water partition coefficient (Wildman–Crippen LogP) is 3.80. The summed E-state index contributed by atoms with van der Waals surface area (Å²) in [6, 6.07) is 6.32. The highest BCUT2D eigenvalue weighted by molar-refractivity contribution is 5.88. The number of rotatable bonds is 3. The molecular formula is C22H24F2N6.